The number of hydrogen-bond acceptors (Lipinski definition) is 6. The zero-order chi connectivity index (χ0) is 22.9. The molecule has 1 aliphatic carbocycles. The second-order valence-corrected chi connectivity index (χ2v) is 8.95. The van der Waals surface area contributed by atoms with Crippen molar-refractivity contribution in [2.24, 2.45) is 0 Å². The Hall–Kier alpha value is -4.46. The second-order valence-electron chi connectivity index (χ2n) is 8.95. The molecule has 1 atom stereocenters. The summed E-state index contributed by atoms with van der Waals surface area (Å²) in [7, 11) is 0. The van der Waals surface area contributed by atoms with Gasteiger partial charge in [0.2, 0.25) is 5.91 Å². The third-order valence-electron chi connectivity index (χ3n) is 6.96. The summed E-state index contributed by atoms with van der Waals surface area (Å²) in [6, 6.07) is 17.7. The van der Waals surface area contributed by atoms with E-state index in [2.05, 4.69) is 38.8 Å². The van der Waals surface area contributed by atoms with E-state index in [0.29, 0.717) is 36.3 Å². The quantitative estimate of drug-likeness (QED) is 0.387. The predicted molar refractivity (Wildman–Crippen MR) is 128 cm³/mol. The predicted octanol–water partition coefficient (Wildman–Crippen LogP) is 3.67. The lowest BCUT2D eigenvalue weighted by Gasteiger charge is -2.20. The Kier molecular flexibility index (Phi) is 3.79. The summed E-state index contributed by atoms with van der Waals surface area (Å²) in [5.74, 6) is 0.213. The number of fused-ring (bicyclic) bond motifs is 5. The number of benzene rings is 2. The molecule has 1 unspecified atom stereocenters. The molecule has 8 heteroatoms. The average Bonchev–Trinajstić information content (AvgIpc) is 3.49. The summed E-state index contributed by atoms with van der Waals surface area (Å²) in [6.07, 6.45) is 3.01. The fraction of sp³-hybridized carbons (Fsp3) is 0.154. The smallest absolute Gasteiger partial charge is 0.408 e. The molecule has 3 aromatic heterocycles. The molecule has 166 valence electrons. The Morgan fingerprint density at radius 3 is 2.82 bits per heavy atom. The highest BCUT2D eigenvalue weighted by atomic mass is 16.4. The number of nitrogens with zero attached hydrogens (tertiary/aromatic N) is 2. The topological polar surface area (TPSA) is 113 Å². The fourth-order valence-corrected chi connectivity index (χ4v) is 5.34. The highest BCUT2D eigenvalue weighted by molar-refractivity contribution is 6.06. The van der Waals surface area contributed by atoms with Crippen LogP contribution in [0.1, 0.15) is 22.4 Å². The molecule has 0 saturated carbocycles. The number of amides is 1. The summed E-state index contributed by atoms with van der Waals surface area (Å²) in [5, 5.41) is 7.34. The van der Waals surface area contributed by atoms with Crippen LogP contribution in [0.4, 0.5) is 11.5 Å². The van der Waals surface area contributed by atoms with E-state index in [0.717, 1.165) is 33.4 Å². The van der Waals surface area contributed by atoms with Crippen molar-refractivity contribution in [3.63, 3.8) is 0 Å². The van der Waals surface area contributed by atoms with Gasteiger partial charge in [-0.05, 0) is 60.4 Å². The van der Waals surface area contributed by atoms with E-state index in [9.17, 15) is 9.59 Å². The van der Waals surface area contributed by atoms with Gasteiger partial charge < -0.3 is 15.1 Å². The van der Waals surface area contributed by atoms with Crippen LogP contribution in [0.2, 0.25) is 0 Å². The summed E-state index contributed by atoms with van der Waals surface area (Å²) < 4.78 is 5.13. The van der Waals surface area contributed by atoms with Gasteiger partial charge in [-0.25, -0.2) is 9.78 Å². The van der Waals surface area contributed by atoms with Crippen LogP contribution in [0.3, 0.4) is 0 Å². The molecule has 34 heavy (non-hydrogen) atoms. The van der Waals surface area contributed by atoms with Gasteiger partial charge >= 0.3 is 5.76 Å². The lowest BCUT2D eigenvalue weighted by Crippen LogP contribution is -2.35. The minimum Gasteiger partial charge on any atom is -0.408 e. The Morgan fingerprint density at radius 1 is 1.03 bits per heavy atom. The molecular formula is C26H19N5O3. The Balaban J connectivity index is 1.20. The molecule has 1 spiro atoms. The van der Waals surface area contributed by atoms with Gasteiger partial charge in [0.1, 0.15) is 11.3 Å². The molecule has 0 saturated heterocycles. The van der Waals surface area contributed by atoms with Crippen LogP contribution >= 0.6 is 0 Å². The first kappa shape index (κ1) is 19.0. The van der Waals surface area contributed by atoms with Crippen LogP contribution in [0.15, 0.2) is 70.0 Å². The van der Waals surface area contributed by atoms with E-state index in [1.54, 1.807) is 12.3 Å². The molecule has 2 aliphatic rings. The third kappa shape index (κ3) is 2.71. The van der Waals surface area contributed by atoms with E-state index in [1.807, 2.05) is 30.3 Å². The maximum absolute atomic E-state index is 13.0. The molecule has 1 amide bonds. The van der Waals surface area contributed by atoms with Gasteiger partial charge in [-0.1, -0.05) is 18.2 Å². The standard InChI is InChI=1S/C26H19N5O3/c32-24-26(18-3-2-8-27-23(18)31-24)11-15-9-14-6-7-17(29-20(14)10-16(15)12-26)13-28-19-4-1-5-21-22(19)30-25(33)34-21/h1-10,28H,11-13H2,(H,30,33)(H,27,31,32). The van der Waals surface area contributed by atoms with Crippen molar-refractivity contribution in [3.05, 3.63) is 93.7 Å². The van der Waals surface area contributed by atoms with Crippen LogP contribution in [-0.2, 0) is 29.6 Å². The van der Waals surface area contributed by atoms with Crippen molar-refractivity contribution >= 4 is 39.4 Å². The number of nitrogens with one attached hydrogen (secondary N) is 3. The van der Waals surface area contributed by atoms with Crippen molar-refractivity contribution in [1.29, 1.82) is 0 Å². The zero-order valence-corrected chi connectivity index (χ0v) is 18.0. The van der Waals surface area contributed by atoms with Gasteiger partial charge in [0.05, 0.1) is 28.9 Å². The van der Waals surface area contributed by atoms with Crippen LogP contribution < -0.4 is 16.4 Å². The molecule has 3 N–H and O–H groups in total. The molecule has 0 fully saturated rings. The number of oxazole rings is 1. The van der Waals surface area contributed by atoms with Gasteiger partial charge in [0.25, 0.3) is 0 Å². The summed E-state index contributed by atoms with van der Waals surface area (Å²) in [4.78, 5) is 36.4. The number of anilines is 2. The first-order valence-corrected chi connectivity index (χ1v) is 11.1. The number of para-hydroxylation sites is 1. The number of carbonyl (C=O) groups is 1. The minimum atomic E-state index is -0.589. The average molecular weight is 449 g/mol. The molecule has 8 nitrogen and oxygen atoms in total. The van der Waals surface area contributed by atoms with E-state index in [-0.39, 0.29) is 5.91 Å². The normalized spacial score (nSPS) is 18.4. The molecule has 0 radical (unpaired) electrons. The van der Waals surface area contributed by atoms with Gasteiger partial charge in [-0.15, -0.1) is 0 Å². The van der Waals surface area contributed by atoms with E-state index >= 15 is 0 Å². The molecule has 2 aromatic carbocycles. The largest absolute Gasteiger partial charge is 0.417 e. The van der Waals surface area contributed by atoms with Crippen LogP contribution in [0, 0.1) is 0 Å². The van der Waals surface area contributed by atoms with Crippen molar-refractivity contribution < 1.29 is 9.21 Å². The first-order chi connectivity index (χ1) is 16.6. The van der Waals surface area contributed by atoms with Gasteiger partial charge in [0.15, 0.2) is 5.58 Å². The van der Waals surface area contributed by atoms with E-state index in [1.165, 1.54) is 5.56 Å². The van der Waals surface area contributed by atoms with Crippen LogP contribution in [0.5, 0.6) is 0 Å². The van der Waals surface area contributed by atoms with Crippen molar-refractivity contribution in [2.75, 3.05) is 10.6 Å². The summed E-state index contributed by atoms with van der Waals surface area (Å²) in [6.45, 7) is 0.491. The SMILES string of the molecule is O=C1Nc2ncccc2C12Cc1cc3ccc(CNc4cccc5oc(=O)[nH]c45)nc3cc1C2. The molecule has 5 aromatic rings. The summed E-state index contributed by atoms with van der Waals surface area (Å²) >= 11 is 0. The van der Waals surface area contributed by atoms with Gasteiger partial charge in [0, 0.05) is 17.1 Å². The maximum Gasteiger partial charge on any atom is 0.417 e. The number of pyridine rings is 2. The van der Waals surface area contributed by atoms with Crippen molar-refractivity contribution in [3.8, 4) is 0 Å². The Bertz CT molecular complexity index is 1700. The highest BCUT2D eigenvalue weighted by Gasteiger charge is 2.51. The van der Waals surface area contributed by atoms with Gasteiger partial charge in [-0.2, -0.15) is 0 Å². The van der Waals surface area contributed by atoms with Crippen LogP contribution in [0.25, 0.3) is 22.0 Å². The van der Waals surface area contributed by atoms with E-state index < -0.39 is 11.2 Å². The highest BCUT2D eigenvalue weighted by Crippen LogP contribution is 2.47. The Morgan fingerprint density at radius 2 is 1.91 bits per heavy atom. The van der Waals surface area contributed by atoms with Crippen molar-refractivity contribution in [1.82, 2.24) is 15.0 Å². The van der Waals surface area contributed by atoms with Crippen molar-refractivity contribution in [2.45, 2.75) is 24.8 Å². The second kappa shape index (κ2) is 6.77. The number of aromatic nitrogens is 3. The van der Waals surface area contributed by atoms with Gasteiger partial charge in [-0.3, -0.25) is 14.8 Å². The molecule has 1 aliphatic heterocycles. The number of hydrogen-bond donors (Lipinski definition) is 3. The maximum atomic E-state index is 13.0. The third-order valence-corrected chi connectivity index (χ3v) is 6.96. The minimum absolute atomic E-state index is 0.0192. The number of H-pyrrole nitrogens is 1. The molecule has 0 bridgehead atoms. The summed E-state index contributed by atoms with van der Waals surface area (Å²) in [5.41, 5.74) is 6.42. The van der Waals surface area contributed by atoms with Crippen LogP contribution in [-0.4, -0.2) is 20.9 Å². The number of aromatic amines is 1. The number of carbonyl (C=O) groups excluding carboxylic acids is 1. The monoisotopic (exact) mass is 449 g/mol. The lowest BCUT2D eigenvalue weighted by molar-refractivity contribution is -0.120. The lowest BCUT2D eigenvalue weighted by atomic mass is 9.79. The zero-order valence-electron chi connectivity index (χ0n) is 18.0. The molecule has 7 rings (SSSR count). The number of rotatable bonds is 3. The molecule has 4 heterocycles. The molecular weight excluding hydrogens is 430 g/mol. The fourth-order valence-electron chi connectivity index (χ4n) is 5.34. The van der Waals surface area contributed by atoms with E-state index in [4.69, 9.17) is 9.40 Å². The Labute approximate surface area is 193 Å². The first-order valence-electron chi connectivity index (χ1n) is 11.1.